The Morgan fingerprint density at radius 1 is 1.21 bits per heavy atom. The minimum Gasteiger partial charge on any atom is -0.351 e. The molecule has 6 nitrogen and oxygen atoms in total. The Morgan fingerprint density at radius 3 is 2.75 bits per heavy atom. The predicted molar refractivity (Wildman–Crippen MR) is 106 cm³/mol. The maximum Gasteiger partial charge on any atom is 0.232 e. The Morgan fingerprint density at radius 2 is 2.00 bits per heavy atom. The zero-order valence-electron chi connectivity index (χ0n) is 16.0. The van der Waals surface area contributed by atoms with Gasteiger partial charge in [0, 0.05) is 17.3 Å². The number of carbonyl (C=O) groups is 1. The lowest BCUT2D eigenvalue weighted by Crippen LogP contribution is -2.47. The van der Waals surface area contributed by atoms with Gasteiger partial charge in [-0.05, 0) is 38.5 Å². The van der Waals surface area contributed by atoms with Crippen LogP contribution in [0.2, 0.25) is 0 Å². The number of hydrogen-bond donors (Lipinski definition) is 2. The van der Waals surface area contributed by atoms with Crippen LogP contribution in [0, 0.1) is 25.6 Å². The van der Waals surface area contributed by atoms with Crippen LogP contribution in [0.5, 0.6) is 0 Å². The number of nitrogens with zero attached hydrogens (tertiary/aromatic N) is 3. The SMILES string of the molecule is Cc1ccc(NC(=O)[C@H]2[C@@H](c3ccccc3F)n3ncnc3N[C@@H]2C)c(C)c1. The van der Waals surface area contributed by atoms with Gasteiger partial charge < -0.3 is 10.6 Å². The molecule has 2 heterocycles. The number of amides is 1. The van der Waals surface area contributed by atoms with E-state index in [9.17, 15) is 9.18 Å². The summed E-state index contributed by atoms with van der Waals surface area (Å²) < 4.78 is 16.2. The molecule has 3 atom stereocenters. The van der Waals surface area contributed by atoms with Crippen molar-refractivity contribution < 1.29 is 9.18 Å². The van der Waals surface area contributed by atoms with Crippen molar-refractivity contribution in [1.82, 2.24) is 14.8 Å². The highest BCUT2D eigenvalue weighted by atomic mass is 19.1. The average Bonchev–Trinajstić information content (AvgIpc) is 3.11. The lowest BCUT2D eigenvalue weighted by molar-refractivity contribution is -0.121. The molecule has 4 rings (SSSR count). The zero-order valence-corrected chi connectivity index (χ0v) is 16.0. The number of halogens is 1. The van der Waals surface area contributed by atoms with Crippen molar-refractivity contribution in [2.24, 2.45) is 5.92 Å². The summed E-state index contributed by atoms with van der Waals surface area (Å²) in [7, 11) is 0. The molecule has 7 heteroatoms. The van der Waals surface area contributed by atoms with E-state index in [-0.39, 0.29) is 17.8 Å². The number of nitrogens with one attached hydrogen (secondary N) is 2. The molecular weight excluding hydrogens is 357 g/mol. The molecule has 1 aliphatic rings. The number of rotatable bonds is 3. The highest BCUT2D eigenvalue weighted by molar-refractivity contribution is 5.94. The summed E-state index contributed by atoms with van der Waals surface area (Å²) in [6, 6.07) is 11.5. The van der Waals surface area contributed by atoms with Crippen LogP contribution in [0.15, 0.2) is 48.8 Å². The first-order chi connectivity index (χ1) is 13.5. The van der Waals surface area contributed by atoms with E-state index in [0.29, 0.717) is 11.5 Å². The quantitative estimate of drug-likeness (QED) is 0.728. The smallest absolute Gasteiger partial charge is 0.232 e. The fourth-order valence-electron chi connectivity index (χ4n) is 3.86. The van der Waals surface area contributed by atoms with Gasteiger partial charge in [-0.2, -0.15) is 10.1 Å². The summed E-state index contributed by atoms with van der Waals surface area (Å²) in [4.78, 5) is 17.5. The molecule has 0 bridgehead atoms. The van der Waals surface area contributed by atoms with E-state index in [2.05, 4.69) is 20.7 Å². The molecule has 1 aromatic heterocycles. The summed E-state index contributed by atoms with van der Waals surface area (Å²) in [5, 5.41) is 10.5. The van der Waals surface area contributed by atoms with Gasteiger partial charge in [-0.25, -0.2) is 9.07 Å². The summed E-state index contributed by atoms with van der Waals surface area (Å²) in [6.45, 7) is 5.86. The van der Waals surface area contributed by atoms with Crippen molar-refractivity contribution in [2.75, 3.05) is 10.6 Å². The fraction of sp³-hybridized carbons (Fsp3) is 0.286. The van der Waals surface area contributed by atoms with Crippen LogP contribution >= 0.6 is 0 Å². The zero-order chi connectivity index (χ0) is 19.8. The summed E-state index contributed by atoms with van der Waals surface area (Å²) >= 11 is 0. The molecule has 2 aromatic carbocycles. The molecule has 144 valence electrons. The second-order valence-corrected chi connectivity index (χ2v) is 7.26. The molecule has 0 saturated carbocycles. The molecule has 2 N–H and O–H groups in total. The molecule has 0 unspecified atom stereocenters. The van der Waals surface area contributed by atoms with Crippen molar-refractivity contribution in [3.05, 3.63) is 71.3 Å². The van der Waals surface area contributed by atoms with Crippen molar-refractivity contribution in [3.8, 4) is 0 Å². The van der Waals surface area contributed by atoms with E-state index >= 15 is 0 Å². The highest BCUT2D eigenvalue weighted by Crippen LogP contribution is 2.37. The lowest BCUT2D eigenvalue weighted by Gasteiger charge is -2.37. The Bertz CT molecular complexity index is 1030. The Labute approximate surface area is 162 Å². The minimum atomic E-state index is -0.597. The molecule has 1 aliphatic heterocycles. The van der Waals surface area contributed by atoms with E-state index in [4.69, 9.17) is 0 Å². The largest absolute Gasteiger partial charge is 0.351 e. The maximum absolute atomic E-state index is 14.7. The molecule has 0 spiro atoms. The van der Waals surface area contributed by atoms with Crippen LogP contribution in [0.3, 0.4) is 0 Å². The number of benzene rings is 2. The first kappa shape index (κ1) is 18.2. The van der Waals surface area contributed by atoms with Crippen molar-refractivity contribution in [1.29, 1.82) is 0 Å². The van der Waals surface area contributed by atoms with Crippen LogP contribution in [-0.2, 0) is 4.79 Å². The molecule has 28 heavy (non-hydrogen) atoms. The second kappa shape index (κ2) is 7.07. The highest BCUT2D eigenvalue weighted by Gasteiger charge is 2.42. The van der Waals surface area contributed by atoms with Crippen LogP contribution in [0.4, 0.5) is 16.0 Å². The number of carbonyl (C=O) groups excluding carboxylic acids is 1. The van der Waals surface area contributed by atoms with Crippen LogP contribution in [0.1, 0.15) is 29.7 Å². The number of anilines is 2. The Balaban J connectivity index is 1.75. The first-order valence-corrected chi connectivity index (χ1v) is 9.24. The van der Waals surface area contributed by atoms with Gasteiger partial charge in [0.25, 0.3) is 0 Å². The summed E-state index contributed by atoms with van der Waals surface area (Å²) in [6.07, 6.45) is 1.41. The number of fused-ring (bicyclic) bond motifs is 1. The van der Waals surface area contributed by atoms with Crippen molar-refractivity contribution in [2.45, 2.75) is 32.9 Å². The Hall–Kier alpha value is -3.22. The number of hydrogen-bond acceptors (Lipinski definition) is 4. The van der Waals surface area contributed by atoms with E-state index in [1.54, 1.807) is 22.9 Å². The Kier molecular flexibility index (Phi) is 4.58. The standard InChI is InChI=1S/C21H22FN5O/c1-12-8-9-17(13(2)10-12)26-20(28)18-14(3)25-21-23-11-24-27(21)19(18)15-6-4-5-7-16(15)22/h4-11,14,18-19H,1-3H3,(H,26,28)(H,23,24,25)/t14-,18-,19-/m1/s1. The normalized spacial score (nSPS) is 20.9. The summed E-state index contributed by atoms with van der Waals surface area (Å²) in [5.74, 6) is -0.614. The van der Waals surface area contributed by atoms with Gasteiger partial charge in [0.1, 0.15) is 12.1 Å². The van der Waals surface area contributed by atoms with Gasteiger partial charge in [-0.1, -0.05) is 35.9 Å². The predicted octanol–water partition coefficient (Wildman–Crippen LogP) is 3.69. The van der Waals surface area contributed by atoms with Crippen LogP contribution < -0.4 is 10.6 Å². The topological polar surface area (TPSA) is 71.8 Å². The van der Waals surface area contributed by atoms with Gasteiger partial charge in [0.15, 0.2) is 0 Å². The summed E-state index contributed by atoms with van der Waals surface area (Å²) in [5.41, 5.74) is 3.27. The minimum absolute atomic E-state index is 0.193. The van der Waals surface area contributed by atoms with E-state index in [1.807, 2.05) is 39.0 Å². The van der Waals surface area contributed by atoms with Crippen molar-refractivity contribution in [3.63, 3.8) is 0 Å². The average molecular weight is 379 g/mol. The second-order valence-electron chi connectivity index (χ2n) is 7.26. The van der Waals surface area contributed by atoms with Gasteiger partial charge in [0.2, 0.25) is 11.9 Å². The number of aromatic nitrogens is 3. The molecule has 3 aromatic rings. The molecule has 0 fully saturated rings. The maximum atomic E-state index is 14.7. The van der Waals surface area contributed by atoms with Crippen LogP contribution in [-0.4, -0.2) is 26.7 Å². The van der Waals surface area contributed by atoms with Crippen LogP contribution in [0.25, 0.3) is 0 Å². The monoisotopic (exact) mass is 379 g/mol. The van der Waals surface area contributed by atoms with E-state index < -0.39 is 12.0 Å². The van der Waals surface area contributed by atoms with Gasteiger partial charge >= 0.3 is 0 Å². The fourth-order valence-corrected chi connectivity index (χ4v) is 3.86. The molecule has 0 aliphatic carbocycles. The first-order valence-electron chi connectivity index (χ1n) is 9.24. The van der Waals surface area contributed by atoms with E-state index in [1.165, 1.54) is 12.4 Å². The lowest BCUT2D eigenvalue weighted by atomic mass is 9.85. The molecule has 0 radical (unpaired) electrons. The molecule has 0 saturated heterocycles. The van der Waals surface area contributed by atoms with Crippen molar-refractivity contribution >= 4 is 17.5 Å². The third-order valence-corrected chi connectivity index (χ3v) is 5.24. The van der Waals surface area contributed by atoms with Gasteiger partial charge in [-0.3, -0.25) is 4.79 Å². The van der Waals surface area contributed by atoms with Gasteiger partial charge in [0.05, 0.1) is 12.0 Å². The van der Waals surface area contributed by atoms with Gasteiger partial charge in [-0.15, -0.1) is 0 Å². The van der Waals surface area contributed by atoms with E-state index in [0.717, 1.165) is 16.8 Å². The molecule has 1 amide bonds. The third-order valence-electron chi connectivity index (χ3n) is 5.24. The molecular formula is C21H22FN5O. The third kappa shape index (κ3) is 3.13. The number of aryl methyl sites for hydroxylation is 2.